The van der Waals surface area contributed by atoms with E-state index in [1.807, 2.05) is 7.05 Å². The number of para-hydroxylation sites is 1. The van der Waals surface area contributed by atoms with Crippen molar-refractivity contribution in [3.05, 3.63) is 30.3 Å². The van der Waals surface area contributed by atoms with Crippen molar-refractivity contribution >= 4 is 35.6 Å². The Morgan fingerprint density at radius 3 is 2.70 bits per heavy atom. The van der Waals surface area contributed by atoms with Crippen LogP contribution in [0.2, 0.25) is 0 Å². The summed E-state index contributed by atoms with van der Waals surface area (Å²) in [6.45, 7) is 3.24. The fraction of sp³-hybridized carbons (Fsp3) is 0.611. The van der Waals surface area contributed by atoms with Gasteiger partial charge in [-0.3, -0.25) is 4.99 Å². The highest BCUT2D eigenvalue weighted by Gasteiger charge is 2.22. The highest BCUT2D eigenvalue weighted by molar-refractivity contribution is 14.0. The predicted molar refractivity (Wildman–Crippen MR) is 109 cm³/mol. The highest BCUT2D eigenvalue weighted by Crippen LogP contribution is 2.31. The van der Waals surface area contributed by atoms with E-state index >= 15 is 0 Å². The van der Waals surface area contributed by atoms with Crippen LogP contribution in [-0.4, -0.2) is 38.7 Å². The van der Waals surface area contributed by atoms with Crippen LogP contribution in [0.4, 0.5) is 5.69 Å². The van der Waals surface area contributed by atoms with Crippen molar-refractivity contribution in [1.29, 1.82) is 0 Å². The molecule has 4 nitrogen and oxygen atoms in total. The van der Waals surface area contributed by atoms with Crippen LogP contribution in [0.3, 0.4) is 0 Å². The monoisotopic (exact) mass is 428 g/mol. The lowest BCUT2D eigenvalue weighted by atomic mass is 10.1. The Labute approximate surface area is 157 Å². The lowest BCUT2D eigenvalue weighted by Gasteiger charge is -2.35. The van der Waals surface area contributed by atoms with Gasteiger partial charge >= 0.3 is 0 Å². The first-order valence-electron chi connectivity index (χ1n) is 8.62. The molecule has 128 valence electrons. The molecule has 0 radical (unpaired) electrons. The summed E-state index contributed by atoms with van der Waals surface area (Å²) in [5, 5.41) is 7.06. The van der Waals surface area contributed by atoms with E-state index in [0.29, 0.717) is 6.04 Å². The summed E-state index contributed by atoms with van der Waals surface area (Å²) in [6, 6.07) is 11.2. The van der Waals surface area contributed by atoms with E-state index in [2.05, 4.69) is 50.9 Å². The van der Waals surface area contributed by atoms with Crippen molar-refractivity contribution in [3.8, 4) is 0 Å². The maximum absolute atomic E-state index is 4.37. The predicted octanol–water partition coefficient (Wildman–Crippen LogP) is 3.24. The topological polar surface area (TPSA) is 39.7 Å². The molecule has 1 aliphatic carbocycles. The number of nitrogens with one attached hydrogen (secondary N) is 2. The van der Waals surface area contributed by atoms with Crippen LogP contribution in [0.15, 0.2) is 35.3 Å². The molecule has 1 heterocycles. The molecule has 1 atom stereocenters. The number of rotatable bonds is 5. The molecule has 0 bridgehead atoms. The van der Waals surface area contributed by atoms with E-state index in [-0.39, 0.29) is 24.0 Å². The summed E-state index contributed by atoms with van der Waals surface area (Å²) in [4.78, 5) is 6.84. The zero-order valence-corrected chi connectivity index (χ0v) is 16.3. The summed E-state index contributed by atoms with van der Waals surface area (Å²) in [5.74, 6) is 1.93. The second-order valence-corrected chi connectivity index (χ2v) is 6.50. The maximum atomic E-state index is 4.37. The average molecular weight is 428 g/mol. The van der Waals surface area contributed by atoms with Crippen molar-refractivity contribution in [3.63, 3.8) is 0 Å². The van der Waals surface area contributed by atoms with Gasteiger partial charge in [0.15, 0.2) is 5.96 Å². The minimum atomic E-state index is 0. The summed E-state index contributed by atoms with van der Waals surface area (Å²) < 4.78 is 0. The Bertz CT molecular complexity index is 487. The number of guanidine groups is 1. The molecule has 3 rings (SSSR count). The number of anilines is 1. The average Bonchev–Trinajstić information content (AvgIpc) is 3.39. The summed E-state index contributed by atoms with van der Waals surface area (Å²) in [5.41, 5.74) is 1.32. The molecule has 2 aliphatic rings. The fourth-order valence-electron chi connectivity index (χ4n) is 3.16. The normalized spacial score (nSPS) is 21.5. The van der Waals surface area contributed by atoms with Gasteiger partial charge in [0, 0.05) is 38.4 Å². The molecule has 0 amide bonds. The molecule has 0 aromatic heterocycles. The molecule has 1 aliphatic heterocycles. The van der Waals surface area contributed by atoms with Crippen molar-refractivity contribution in [2.45, 2.75) is 38.1 Å². The van der Waals surface area contributed by atoms with Gasteiger partial charge in [-0.2, -0.15) is 0 Å². The first kappa shape index (κ1) is 18.4. The molecular formula is C18H29IN4. The zero-order valence-electron chi connectivity index (χ0n) is 14.0. The number of halogens is 1. The van der Waals surface area contributed by atoms with Crippen molar-refractivity contribution in [1.82, 2.24) is 10.6 Å². The molecule has 1 unspecified atom stereocenters. The van der Waals surface area contributed by atoms with Crippen LogP contribution in [0.1, 0.15) is 32.1 Å². The van der Waals surface area contributed by atoms with Crippen molar-refractivity contribution in [2.24, 2.45) is 10.9 Å². The summed E-state index contributed by atoms with van der Waals surface area (Å²) in [7, 11) is 1.87. The SMILES string of the molecule is CN=C(NCCC1CC1)NC1CCCN(c2ccccc2)C1.I. The highest BCUT2D eigenvalue weighted by atomic mass is 127. The molecular weight excluding hydrogens is 399 g/mol. The van der Waals surface area contributed by atoms with Gasteiger partial charge in [-0.15, -0.1) is 24.0 Å². The second-order valence-electron chi connectivity index (χ2n) is 6.50. The minimum Gasteiger partial charge on any atom is -0.369 e. The van der Waals surface area contributed by atoms with E-state index in [0.717, 1.165) is 31.5 Å². The van der Waals surface area contributed by atoms with E-state index in [9.17, 15) is 0 Å². The standard InChI is InChI=1S/C18H28N4.HI/c1-19-18(20-12-11-15-9-10-15)21-16-6-5-13-22(14-16)17-7-3-2-4-8-17;/h2-4,7-8,15-16H,5-6,9-14H2,1H3,(H2,19,20,21);1H. The van der Waals surface area contributed by atoms with E-state index < -0.39 is 0 Å². The maximum Gasteiger partial charge on any atom is 0.191 e. The van der Waals surface area contributed by atoms with E-state index in [4.69, 9.17) is 0 Å². The number of nitrogens with zero attached hydrogens (tertiary/aromatic N) is 2. The molecule has 23 heavy (non-hydrogen) atoms. The second kappa shape index (κ2) is 9.35. The van der Waals surface area contributed by atoms with Gasteiger partial charge in [0.1, 0.15) is 0 Å². The Hall–Kier alpha value is -0.980. The third kappa shape index (κ3) is 5.86. The van der Waals surface area contributed by atoms with Gasteiger partial charge in [-0.25, -0.2) is 0 Å². The van der Waals surface area contributed by atoms with Crippen LogP contribution in [-0.2, 0) is 0 Å². The first-order chi connectivity index (χ1) is 10.8. The van der Waals surface area contributed by atoms with E-state index in [1.165, 1.54) is 37.8 Å². The van der Waals surface area contributed by atoms with Gasteiger partial charge in [-0.05, 0) is 37.3 Å². The van der Waals surface area contributed by atoms with Crippen LogP contribution in [0.25, 0.3) is 0 Å². The largest absolute Gasteiger partial charge is 0.369 e. The van der Waals surface area contributed by atoms with Crippen LogP contribution >= 0.6 is 24.0 Å². The first-order valence-corrected chi connectivity index (χ1v) is 8.62. The van der Waals surface area contributed by atoms with Crippen LogP contribution < -0.4 is 15.5 Å². The molecule has 2 N–H and O–H groups in total. The smallest absolute Gasteiger partial charge is 0.191 e. The molecule has 2 fully saturated rings. The summed E-state index contributed by atoms with van der Waals surface area (Å²) >= 11 is 0. The molecule has 1 aromatic carbocycles. The number of piperidine rings is 1. The fourth-order valence-corrected chi connectivity index (χ4v) is 3.16. The van der Waals surface area contributed by atoms with Gasteiger partial charge in [0.2, 0.25) is 0 Å². The molecule has 5 heteroatoms. The van der Waals surface area contributed by atoms with Crippen LogP contribution in [0.5, 0.6) is 0 Å². The Morgan fingerprint density at radius 2 is 2.00 bits per heavy atom. The van der Waals surface area contributed by atoms with Crippen LogP contribution in [0, 0.1) is 5.92 Å². The zero-order chi connectivity index (χ0) is 15.2. The quantitative estimate of drug-likeness (QED) is 0.430. The van der Waals surface area contributed by atoms with Crippen molar-refractivity contribution in [2.75, 3.05) is 31.6 Å². The number of hydrogen-bond donors (Lipinski definition) is 2. The summed E-state index contributed by atoms with van der Waals surface area (Å²) in [6.07, 6.45) is 6.56. The Balaban J connectivity index is 0.00000192. The molecule has 0 spiro atoms. The lowest BCUT2D eigenvalue weighted by Crippen LogP contribution is -2.51. The minimum absolute atomic E-state index is 0. The van der Waals surface area contributed by atoms with Gasteiger partial charge < -0.3 is 15.5 Å². The number of hydrogen-bond acceptors (Lipinski definition) is 2. The number of aliphatic imine (C=N–C) groups is 1. The third-order valence-corrected chi connectivity index (χ3v) is 4.65. The molecule has 1 saturated heterocycles. The molecule has 1 aromatic rings. The Kier molecular flexibility index (Phi) is 7.46. The van der Waals surface area contributed by atoms with Gasteiger partial charge in [0.05, 0.1) is 0 Å². The third-order valence-electron chi connectivity index (χ3n) is 4.65. The van der Waals surface area contributed by atoms with Gasteiger partial charge in [-0.1, -0.05) is 31.0 Å². The number of benzene rings is 1. The van der Waals surface area contributed by atoms with E-state index in [1.54, 1.807) is 0 Å². The van der Waals surface area contributed by atoms with Crippen molar-refractivity contribution < 1.29 is 0 Å². The van der Waals surface area contributed by atoms with Gasteiger partial charge in [0.25, 0.3) is 0 Å². The lowest BCUT2D eigenvalue weighted by molar-refractivity contribution is 0.467. The molecule has 1 saturated carbocycles. The Morgan fingerprint density at radius 1 is 1.22 bits per heavy atom.